The average Bonchev–Trinajstić information content (AvgIpc) is 2.85. The normalized spacial score (nSPS) is 10.8. The number of amides is 1. The predicted molar refractivity (Wildman–Crippen MR) is 89.4 cm³/mol. The maximum Gasteiger partial charge on any atom is 0.267 e. The van der Waals surface area contributed by atoms with Crippen LogP contribution in [0.15, 0.2) is 23.5 Å². The summed E-state index contributed by atoms with van der Waals surface area (Å²) in [4.78, 5) is 20.4. The van der Waals surface area contributed by atoms with Crippen LogP contribution >= 0.6 is 24.2 Å². The third-order valence-corrected chi connectivity index (χ3v) is 3.76. The molecule has 0 atom stereocenters. The quantitative estimate of drug-likeness (QED) is 0.545. The minimum Gasteiger partial charge on any atom is -0.364 e. The summed E-state index contributed by atoms with van der Waals surface area (Å²) in [7, 11) is 0. The zero-order valence-corrected chi connectivity index (χ0v) is 13.4. The van der Waals surface area contributed by atoms with Gasteiger partial charge >= 0.3 is 0 Å². The highest BCUT2D eigenvalue weighted by Gasteiger charge is 2.18. The summed E-state index contributed by atoms with van der Waals surface area (Å²) in [5.74, 6) is -0.524. The summed E-state index contributed by atoms with van der Waals surface area (Å²) in [6.45, 7) is 0.798. The lowest BCUT2D eigenvalue weighted by Gasteiger charge is -2.01. The van der Waals surface area contributed by atoms with Crippen molar-refractivity contribution in [3.8, 4) is 0 Å². The van der Waals surface area contributed by atoms with Crippen LogP contribution in [0, 0.1) is 0 Å². The Morgan fingerprint density at radius 3 is 2.77 bits per heavy atom. The smallest absolute Gasteiger partial charge is 0.267 e. The van der Waals surface area contributed by atoms with E-state index in [2.05, 4.69) is 15.1 Å². The Balaban J connectivity index is 0.00000176. The molecule has 0 bridgehead atoms. The second kappa shape index (κ2) is 6.47. The average molecular weight is 339 g/mol. The number of carbonyl (C=O) groups excluding carboxylic acids is 1. The number of carbonyl (C=O) groups is 1. The van der Waals surface area contributed by atoms with Crippen molar-refractivity contribution in [3.05, 3.63) is 24.0 Å². The summed E-state index contributed by atoms with van der Waals surface area (Å²) in [6.07, 6.45) is 3.66. The van der Waals surface area contributed by atoms with Crippen molar-refractivity contribution in [1.82, 2.24) is 19.7 Å². The van der Waals surface area contributed by atoms with Crippen molar-refractivity contribution in [1.29, 1.82) is 0 Å². The van der Waals surface area contributed by atoms with Gasteiger partial charge < -0.3 is 11.5 Å². The second-order valence-corrected chi connectivity index (χ2v) is 5.25. The number of hydrogen-bond acceptors (Lipinski definition) is 6. The number of nitrogens with two attached hydrogens (primary N) is 2. The van der Waals surface area contributed by atoms with E-state index in [9.17, 15) is 4.79 Å². The van der Waals surface area contributed by atoms with Crippen molar-refractivity contribution in [2.24, 2.45) is 11.5 Å². The molecule has 22 heavy (non-hydrogen) atoms. The first-order valence-electron chi connectivity index (χ1n) is 6.36. The fraction of sp³-hybridized carbons (Fsp3) is 0.231. The number of hydrogen-bond donors (Lipinski definition) is 2. The fourth-order valence-electron chi connectivity index (χ4n) is 2.31. The highest BCUT2D eigenvalue weighted by molar-refractivity contribution is 7.98. The molecule has 2 heterocycles. The summed E-state index contributed by atoms with van der Waals surface area (Å²) >= 11 is 1.45. The molecule has 0 aliphatic carbocycles. The highest BCUT2D eigenvalue weighted by Crippen LogP contribution is 2.26. The molecule has 7 nitrogen and oxygen atoms in total. The fourth-order valence-corrected chi connectivity index (χ4v) is 2.65. The minimum absolute atomic E-state index is 0. The van der Waals surface area contributed by atoms with Gasteiger partial charge in [0.25, 0.3) is 5.91 Å². The van der Waals surface area contributed by atoms with E-state index in [0.717, 1.165) is 5.39 Å². The van der Waals surface area contributed by atoms with E-state index in [1.165, 1.54) is 11.8 Å². The van der Waals surface area contributed by atoms with E-state index < -0.39 is 5.91 Å². The Kier molecular flexibility index (Phi) is 4.84. The minimum atomic E-state index is -0.524. The first kappa shape index (κ1) is 16.5. The predicted octanol–water partition coefficient (Wildman–Crippen LogP) is 1.18. The molecule has 4 N–H and O–H groups in total. The summed E-state index contributed by atoms with van der Waals surface area (Å²) in [6, 6.07) is 3.68. The first-order chi connectivity index (χ1) is 10.2. The van der Waals surface area contributed by atoms with Crippen LogP contribution in [0.5, 0.6) is 0 Å². The summed E-state index contributed by atoms with van der Waals surface area (Å²) < 4.78 is 1.55. The first-order valence-corrected chi connectivity index (χ1v) is 7.58. The van der Waals surface area contributed by atoms with Crippen LogP contribution in [-0.4, -0.2) is 38.5 Å². The largest absolute Gasteiger partial charge is 0.364 e. The van der Waals surface area contributed by atoms with E-state index in [1.54, 1.807) is 10.9 Å². The number of aromatic nitrogens is 4. The molecular formula is C13H15ClN6OS. The van der Waals surface area contributed by atoms with Crippen LogP contribution in [0.1, 0.15) is 10.5 Å². The number of fused-ring (bicyclic) bond motifs is 3. The van der Waals surface area contributed by atoms with Gasteiger partial charge in [-0.3, -0.25) is 9.48 Å². The van der Waals surface area contributed by atoms with Crippen LogP contribution in [0.3, 0.4) is 0 Å². The molecule has 0 saturated heterocycles. The van der Waals surface area contributed by atoms with Crippen molar-refractivity contribution in [2.45, 2.75) is 11.7 Å². The standard InChI is InChI=1S/C13H14N6OS.ClH/c1-21-13-16-6-7-2-3-8-10(9(7)17-13)18-19(5-4-14)11(8)12(15)20;/h2-3,6H,4-5,14H2,1H3,(H2,15,20);1H. The monoisotopic (exact) mass is 338 g/mol. The van der Waals surface area contributed by atoms with Gasteiger partial charge in [0.05, 0.1) is 6.54 Å². The molecule has 1 aromatic carbocycles. The zero-order chi connectivity index (χ0) is 15.0. The lowest BCUT2D eigenvalue weighted by molar-refractivity contribution is 0.0991. The highest BCUT2D eigenvalue weighted by atomic mass is 35.5. The van der Waals surface area contributed by atoms with E-state index in [-0.39, 0.29) is 12.4 Å². The molecule has 0 aliphatic rings. The molecule has 0 fully saturated rings. The third kappa shape index (κ3) is 2.60. The van der Waals surface area contributed by atoms with Crippen molar-refractivity contribution >= 4 is 51.9 Å². The summed E-state index contributed by atoms with van der Waals surface area (Å²) in [5.41, 5.74) is 12.8. The van der Waals surface area contributed by atoms with Crippen LogP contribution in [0.2, 0.25) is 0 Å². The number of benzene rings is 1. The number of halogens is 1. The number of rotatable bonds is 4. The third-order valence-electron chi connectivity index (χ3n) is 3.19. The van der Waals surface area contributed by atoms with E-state index in [1.807, 2.05) is 18.4 Å². The summed E-state index contributed by atoms with van der Waals surface area (Å²) in [5, 5.41) is 6.68. The molecule has 0 radical (unpaired) electrons. The number of primary amides is 1. The van der Waals surface area contributed by atoms with Gasteiger partial charge in [-0.05, 0) is 12.3 Å². The SMILES string of the molecule is CSc1ncc2ccc3c(C(N)=O)n(CCN)nc3c2n1.Cl. The molecule has 1 amide bonds. The van der Waals surface area contributed by atoms with Crippen LogP contribution in [0.4, 0.5) is 0 Å². The Morgan fingerprint density at radius 2 is 2.14 bits per heavy atom. The molecule has 2 aromatic heterocycles. The van der Waals surface area contributed by atoms with Crippen molar-refractivity contribution < 1.29 is 4.79 Å². The Labute approximate surface area is 136 Å². The van der Waals surface area contributed by atoms with Crippen LogP contribution in [-0.2, 0) is 6.54 Å². The Hall–Kier alpha value is -1.90. The molecule has 9 heteroatoms. The molecule has 0 saturated carbocycles. The van der Waals surface area contributed by atoms with Crippen molar-refractivity contribution in [2.75, 3.05) is 12.8 Å². The Bertz CT molecular complexity index is 849. The van der Waals surface area contributed by atoms with Gasteiger partial charge in [-0.2, -0.15) is 5.10 Å². The van der Waals surface area contributed by atoms with Crippen molar-refractivity contribution in [3.63, 3.8) is 0 Å². The molecule has 116 valence electrons. The zero-order valence-electron chi connectivity index (χ0n) is 11.8. The van der Waals surface area contributed by atoms with Gasteiger partial charge in [-0.25, -0.2) is 9.97 Å². The lowest BCUT2D eigenvalue weighted by Crippen LogP contribution is -2.21. The topological polar surface area (TPSA) is 113 Å². The van der Waals surface area contributed by atoms with Gasteiger partial charge in [0.2, 0.25) is 0 Å². The molecule has 0 unspecified atom stereocenters. The lowest BCUT2D eigenvalue weighted by atomic mass is 10.1. The number of nitrogens with zero attached hydrogens (tertiary/aromatic N) is 4. The van der Waals surface area contributed by atoms with Gasteiger partial charge in [-0.15, -0.1) is 12.4 Å². The second-order valence-electron chi connectivity index (χ2n) is 4.48. The molecule has 3 aromatic rings. The maximum atomic E-state index is 11.7. The van der Waals surface area contributed by atoms with Crippen LogP contribution in [0.25, 0.3) is 21.8 Å². The molecule has 3 rings (SSSR count). The Morgan fingerprint density at radius 1 is 1.36 bits per heavy atom. The van der Waals surface area contributed by atoms with E-state index in [4.69, 9.17) is 11.5 Å². The van der Waals surface area contributed by atoms with Gasteiger partial charge in [-0.1, -0.05) is 17.8 Å². The number of thioether (sulfide) groups is 1. The van der Waals surface area contributed by atoms with E-state index >= 15 is 0 Å². The van der Waals surface area contributed by atoms with E-state index in [0.29, 0.717) is 40.4 Å². The molecular weight excluding hydrogens is 324 g/mol. The van der Waals surface area contributed by atoms with Gasteiger partial charge in [0.1, 0.15) is 16.7 Å². The molecule has 0 spiro atoms. The maximum absolute atomic E-state index is 11.7. The van der Waals surface area contributed by atoms with Crippen LogP contribution < -0.4 is 11.5 Å². The van der Waals surface area contributed by atoms with Gasteiger partial charge in [0.15, 0.2) is 5.16 Å². The van der Waals surface area contributed by atoms with Gasteiger partial charge in [0, 0.05) is 23.5 Å². The molecule has 0 aliphatic heterocycles.